The molecule has 0 unspecified atom stereocenters. The highest BCUT2D eigenvalue weighted by molar-refractivity contribution is 5.82. The molecule has 0 spiro atoms. The third-order valence-electron chi connectivity index (χ3n) is 4.96. The fraction of sp³-hybridized carbons (Fsp3) is 0.125. The topological polar surface area (TPSA) is 68.3 Å². The number of allylic oxidation sites excluding steroid dienone is 5. The number of aromatic nitrogens is 5. The molecule has 0 bridgehead atoms. The van der Waals surface area contributed by atoms with Crippen LogP contribution < -0.4 is 0 Å². The number of benzene rings is 1. The van der Waals surface area contributed by atoms with E-state index < -0.39 is 0 Å². The van der Waals surface area contributed by atoms with E-state index >= 15 is 0 Å². The molecule has 1 aliphatic rings. The molecule has 6 heteroatoms. The Hall–Kier alpha value is -3.93. The third-order valence-corrected chi connectivity index (χ3v) is 4.96. The van der Waals surface area contributed by atoms with Gasteiger partial charge in [-0.3, -0.25) is 9.98 Å². The molecular weight excluding hydrogens is 372 g/mol. The summed E-state index contributed by atoms with van der Waals surface area (Å²) in [4.78, 5) is 8.86. The number of para-hydroxylation sites is 1. The van der Waals surface area contributed by atoms with Crippen molar-refractivity contribution in [2.75, 3.05) is 6.54 Å². The Morgan fingerprint density at radius 2 is 1.97 bits per heavy atom. The van der Waals surface area contributed by atoms with Crippen LogP contribution >= 0.6 is 0 Å². The fourth-order valence-electron chi connectivity index (χ4n) is 3.44. The van der Waals surface area contributed by atoms with Crippen molar-refractivity contribution in [3.8, 4) is 11.3 Å². The van der Waals surface area contributed by atoms with Gasteiger partial charge < -0.3 is 0 Å². The number of aliphatic imine (C=N–C) groups is 1. The summed E-state index contributed by atoms with van der Waals surface area (Å²) in [5.41, 5.74) is 4.69. The number of fused-ring (bicyclic) bond motifs is 2. The van der Waals surface area contributed by atoms with Gasteiger partial charge in [-0.15, -0.1) is 10.2 Å². The molecule has 0 amide bonds. The first-order chi connectivity index (χ1) is 14.9. The van der Waals surface area contributed by atoms with Crippen LogP contribution in [0.25, 0.3) is 27.8 Å². The third kappa shape index (κ3) is 3.80. The van der Waals surface area contributed by atoms with E-state index in [1.54, 1.807) is 0 Å². The molecule has 4 aromatic rings. The van der Waals surface area contributed by atoms with Gasteiger partial charge in [0.25, 0.3) is 0 Å². The largest absolute Gasteiger partial charge is 0.289 e. The minimum atomic E-state index is 0.654. The van der Waals surface area contributed by atoms with Gasteiger partial charge in [0.1, 0.15) is 0 Å². The van der Waals surface area contributed by atoms with Gasteiger partial charge in [0, 0.05) is 29.8 Å². The van der Waals surface area contributed by atoms with Crippen LogP contribution in [0.5, 0.6) is 0 Å². The number of nitrogens with zero attached hydrogens (tertiary/aromatic N) is 6. The normalized spacial score (nSPS) is 17.1. The van der Waals surface area contributed by atoms with E-state index in [0.29, 0.717) is 13.0 Å². The Bertz CT molecular complexity index is 1330. The molecule has 0 fully saturated rings. The molecule has 0 saturated carbocycles. The number of hydrogen-bond acceptors (Lipinski definition) is 5. The molecule has 1 aliphatic heterocycles. The second-order valence-corrected chi connectivity index (χ2v) is 7.06. The zero-order chi connectivity index (χ0) is 20.2. The van der Waals surface area contributed by atoms with Gasteiger partial charge in [0.2, 0.25) is 0 Å². The number of rotatable bonds is 3. The molecule has 5 rings (SSSR count). The first-order valence-corrected chi connectivity index (χ1v) is 9.94. The highest BCUT2D eigenvalue weighted by Crippen LogP contribution is 2.22. The molecule has 0 radical (unpaired) electrons. The lowest BCUT2D eigenvalue weighted by molar-refractivity contribution is 0.839. The van der Waals surface area contributed by atoms with Crippen LogP contribution in [-0.4, -0.2) is 37.6 Å². The van der Waals surface area contributed by atoms with Gasteiger partial charge in [-0.05, 0) is 42.3 Å². The average Bonchev–Trinajstić information content (AvgIpc) is 3.20. The number of pyridine rings is 1. The maximum atomic E-state index is 4.82. The van der Waals surface area contributed by atoms with Gasteiger partial charge in [-0.1, -0.05) is 42.5 Å². The molecule has 6 nitrogen and oxygen atoms in total. The monoisotopic (exact) mass is 392 g/mol. The zero-order valence-electron chi connectivity index (χ0n) is 16.4. The highest BCUT2D eigenvalue weighted by atomic mass is 15.4. The lowest BCUT2D eigenvalue weighted by atomic mass is 10.1. The second kappa shape index (κ2) is 8.21. The van der Waals surface area contributed by atoms with Gasteiger partial charge in [-0.25, -0.2) is 0 Å². The second-order valence-electron chi connectivity index (χ2n) is 7.06. The van der Waals surface area contributed by atoms with E-state index in [1.165, 1.54) is 5.57 Å². The SMILES string of the molecule is C1=CC/C=C(Cc2nnc3ccc(-c4cnc5ccccc5c4)nn23)\C=C/CN=C1. The Morgan fingerprint density at radius 3 is 2.97 bits per heavy atom. The lowest BCUT2D eigenvalue weighted by Gasteiger charge is -2.05. The Morgan fingerprint density at radius 1 is 1.00 bits per heavy atom. The van der Waals surface area contributed by atoms with E-state index in [1.807, 2.05) is 53.3 Å². The number of hydrogen-bond donors (Lipinski definition) is 0. The summed E-state index contributed by atoms with van der Waals surface area (Å²) in [7, 11) is 0. The average molecular weight is 392 g/mol. The van der Waals surface area contributed by atoms with Crippen molar-refractivity contribution in [1.29, 1.82) is 0 Å². The summed E-state index contributed by atoms with van der Waals surface area (Å²) in [5, 5.41) is 14.6. The Labute approximate surface area is 174 Å². The maximum absolute atomic E-state index is 4.82. The van der Waals surface area contributed by atoms with Gasteiger partial charge in [0.05, 0.1) is 17.8 Å². The van der Waals surface area contributed by atoms with Crippen LogP contribution in [0.3, 0.4) is 0 Å². The quantitative estimate of drug-likeness (QED) is 0.518. The van der Waals surface area contributed by atoms with Crippen molar-refractivity contribution in [3.63, 3.8) is 0 Å². The van der Waals surface area contributed by atoms with Gasteiger partial charge in [-0.2, -0.15) is 9.61 Å². The lowest BCUT2D eigenvalue weighted by Crippen LogP contribution is -2.02. The first kappa shape index (κ1) is 18.1. The van der Waals surface area contributed by atoms with Crippen molar-refractivity contribution in [3.05, 3.63) is 90.4 Å². The van der Waals surface area contributed by atoms with Crippen LogP contribution in [-0.2, 0) is 6.42 Å². The fourth-order valence-corrected chi connectivity index (χ4v) is 3.44. The summed E-state index contributed by atoms with van der Waals surface area (Å²) in [6, 6.07) is 14.1. The molecule has 0 aliphatic carbocycles. The minimum absolute atomic E-state index is 0.654. The minimum Gasteiger partial charge on any atom is -0.289 e. The van der Waals surface area contributed by atoms with Crippen molar-refractivity contribution in [1.82, 2.24) is 24.8 Å². The van der Waals surface area contributed by atoms with Crippen molar-refractivity contribution < 1.29 is 0 Å². The van der Waals surface area contributed by atoms with Crippen LogP contribution in [0.15, 0.2) is 89.6 Å². The predicted octanol–water partition coefficient (Wildman–Crippen LogP) is 4.40. The van der Waals surface area contributed by atoms with Crippen LogP contribution in [0.1, 0.15) is 12.2 Å². The molecule has 4 heterocycles. The summed E-state index contributed by atoms with van der Waals surface area (Å²) in [6.45, 7) is 0.666. The van der Waals surface area contributed by atoms with E-state index in [2.05, 4.69) is 56.6 Å². The standard InChI is InChI=1S/C24H20N6/c1-2-7-18(8-6-14-25-13-5-1)15-24-28-27-23-12-11-22(29-30(23)24)20-16-19-9-3-4-10-21(19)26-17-20/h1,3-13,16-17H,2,14-15H2/b5-1?,8-6-,18-7+,25-13?. The smallest absolute Gasteiger partial charge is 0.177 e. The predicted molar refractivity (Wildman–Crippen MR) is 120 cm³/mol. The summed E-state index contributed by atoms with van der Waals surface area (Å²) in [5.74, 6) is 0.807. The molecule has 146 valence electrons. The molecule has 3 aromatic heterocycles. The van der Waals surface area contributed by atoms with Crippen LogP contribution in [0, 0.1) is 0 Å². The van der Waals surface area contributed by atoms with E-state index in [4.69, 9.17) is 5.10 Å². The molecule has 0 saturated heterocycles. The summed E-state index contributed by atoms with van der Waals surface area (Å²) >= 11 is 0. The Balaban J connectivity index is 1.49. The van der Waals surface area contributed by atoms with Crippen molar-refractivity contribution >= 4 is 22.8 Å². The molecule has 0 N–H and O–H groups in total. The first-order valence-electron chi connectivity index (χ1n) is 9.94. The molecular formula is C24H20N6. The highest BCUT2D eigenvalue weighted by Gasteiger charge is 2.11. The van der Waals surface area contributed by atoms with E-state index in [0.717, 1.165) is 40.1 Å². The van der Waals surface area contributed by atoms with Crippen LogP contribution in [0.4, 0.5) is 0 Å². The molecule has 1 aromatic carbocycles. The molecule has 30 heavy (non-hydrogen) atoms. The summed E-state index contributed by atoms with van der Waals surface area (Å²) < 4.78 is 1.83. The summed E-state index contributed by atoms with van der Waals surface area (Å²) in [6.07, 6.45) is 15.6. The van der Waals surface area contributed by atoms with E-state index in [-0.39, 0.29) is 0 Å². The maximum Gasteiger partial charge on any atom is 0.177 e. The Kier molecular flexibility index (Phi) is 4.96. The van der Waals surface area contributed by atoms with E-state index in [9.17, 15) is 0 Å². The zero-order valence-corrected chi connectivity index (χ0v) is 16.4. The van der Waals surface area contributed by atoms with Crippen molar-refractivity contribution in [2.45, 2.75) is 12.8 Å². The van der Waals surface area contributed by atoms with Crippen molar-refractivity contribution in [2.24, 2.45) is 4.99 Å². The van der Waals surface area contributed by atoms with Crippen LogP contribution in [0.2, 0.25) is 0 Å². The van der Waals surface area contributed by atoms with Gasteiger partial charge in [0.15, 0.2) is 11.5 Å². The van der Waals surface area contributed by atoms with Gasteiger partial charge >= 0.3 is 0 Å². The molecule has 0 atom stereocenters.